The van der Waals surface area contributed by atoms with Gasteiger partial charge in [-0.25, -0.2) is 0 Å². The van der Waals surface area contributed by atoms with Gasteiger partial charge in [-0.1, -0.05) is 53.5 Å². The van der Waals surface area contributed by atoms with Crippen molar-refractivity contribution in [3.05, 3.63) is 99.0 Å². The van der Waals surface area contributed by atoms with Gasteiger partial charge in [-0.15, -0.1) is 0 Å². The minimum Gasteiger partial charge on any atom is -0.493 e. The number of nitrogens with one attached hydrogen (secondary N) is 3. The molecule has 242 valence electrons. The molecule has 0 spiro atoms. The van der Waals surface area contributed by atoms with Crippen molar-refractivity contribution in [1.82, 2.24) is 25.8 Å². The third-order valence-electron chi connectivity index (χ3n) is 8.21. The van der Waals surface area contributed by atoms with E-state index >= 15 is 0 Å². The highest BCUT2D eigenvalue weighted by atomic mass is 35.5. The molecule has 2 aliphatic rings. The predicted molar refractivity (Wildman–Crippen MR) is 180 cm³/mol. The molecule has 3 aromatic rings. The van der Waals surface area contributed by atoms with Crippen LogP contribution in [0, 0.1) is 11.3 Å². The second-order valence-electron chi connectivity index (χ2n) is 12.7. The summed E-state index contributed by atoms with van der Waals surface area (Å²) in [5, 5.41) is 21.3. The van der Waals surface area contributed by atoms with E-state index < -0.39 is 5.66 Å². The van der Waals surface area contributed by atoms with Gasteiger partial charge in [-0.3, -0.25) is 25.1 Å². The number of benzene rings is 3. The zero-order valence-corrected chi connectivity index (χ0v) is 28.1. The first-order valence-electron chi connectivity index (χ1n) is 15.5. The van der Waals surface area contributed by atoms with E-state index in [1.807, 2.05) is 81.1 Å². The van der Waals surface area contributed by atoms with Crippen molar-refractivity contribution in [2.24, 2.45) is 0 Å². The van der Waals surface area contributed by atoms with E-state index in [-0.39, 0.29) is 36.0 Å². The number of carbonyl (C=O) groups excluding carboxylic acids is 2. The predicted octanol–water partition coefficient (Wildman–Crippen LogP) is 5.15. The molecular weight excluding hydrogens is 623 g/mol. The molecule has 2 amide bonds. The minimum atomic E-state index is -1.42. The van der Waals surface area contributed by atoms with Gasteiger partial charge in [0.1, 0.15) is 5.75 Å². The Morgan fingerprint density at radius 3 is 1.96 bits per heavy atom. The molecule has 3 atom stereocenters. The second kappa shape index (κ2) is 14.0. The Bertz CT molecular complexity index is 1540. The van der Waals surface area contributed by atoms with Gasteiger partial charge in [-0.2, -0.15) is 5.26 Å². The Labute approximate surface area is 280 Å². The molecule has 2 heterocycles. The van der Waals surface area contributed by atoms with Gasteiger partial charge in [0.25, 0.3) is 5.91 Å². The van der Waals surface area contributed by atoms with Gasteiger partial charge in [0.15, 0.2) is 5.66 Å². The van der Waals surface area contributed by atoms with Crippen LogP contribution in [0.3, 0.4) is 0 Å². The molecular formula is C35H40Cl2N6O3. The highest BCUT2D eigenvalue weighted by molar-refractivity contribution is 6.30. The van der Waals surface area contributed by atoms with E-state index in [0.29, 0.717) is 59.7 Å². The number of rotatable bonds is 8. The lowest BCUT2D eigenvalue weighted by Crippen LogP contribution is -2.62. The van der Waals surface area contributed by atoms with E-state index in [2.05, 4.69) is 26.9 Å². The summed E-state index contributed by atoms with van der Waals surface area (Å²) in [4.78, 5) is 31.5. The van der Waals surface area contributed by atoms with Crippen LogP contribution in [0.4, 0.5) is 0 Å². The van der Waals surface area contributed by atoms with Crippen LogP contribution in [-0.4, -0.2) is 66.5 Å². The molecule has 0 radical (unpaired) electrons. The average molecular weight is 664 g/mol. The van der Waals surface area contributed by atoms with Gasteiger partial charge >= 0.3 is 0 Å². The van der Waals surface area contributed by atoms with E-state index in [4.69, 9.17) is 27.9 Å². The van der Waals surface area contributed by atoms with Crippen molar-refractivity contribution in [3.63, 3.8) is 0 Å². The lowest BCUT2D eigenvalue weighted by atomic mass is 9.95. The van der Waals surface area contributed by atoms with Crippen molar-refractivity contribution in [3.8, 4) is 11.8 Å². The number of amides is 2. The molecule has 3 N–H and O–H groups in total. The molecule has 2 aliphatic heterocycles. The van der Waals surface area contributed by atoms with Gasteiger partial charge in [0, 0.05) is 47.3 Å². The number of nitrogens with zero attached hydrogens (tertiary/aromatic N) is 3. The SMILES string of the molecule is CCOc1cc(C#N)ccc1C1(C(=O)N2CCN(CC(=O)NC(C)(C)C)CC2)N[C@H](c2ccc(Cl)cc2)[C@H](c2ccc(Cl)cc2)N1. The topological polar surface area (TPSA) is 110 Å². The maximum Gasteiger partial charge on any atom is 0.262 e. The third kappa shape index (κ3) is 7.49. The summed E-state index contributed by atoms with van der Waals surface area (Å²) < 4.78 is 6.08. The molecule has 3 aromatic carbocycles. The minimum absolute atomic E-state index is 0.0431. The van der Waals surface area contributed by atoms with Gasteiger partial charge in [0.05, 0.1) is 36.9 Å². The summed E-state index contributed by atoms with van der Waals surface area (Å²) in [6, 6.07) is 21.8. The first-order chi connectivity index (χ1) is 21.9. The fourth-order valence-electron chi connectivity index (χ4n) is 6.14. The van der Waals surface area contributed by atoms with Crippen LogP contribution in [0.2, 0.25) is 10.0 Å². The van der Waals surface area contributed by atoms with Crippen LogP contribution in [0.5, 0.6) is 5.75 Å². The van der Waals surface area contributed by atoms with E-state index in [1.54, 1.807) is 18.2 Å². The van der Waals surface area contributed by atoms with Crippen molar-refractivity contribution in [2.45, 2.75) is 51.0 Å². The summed E-state index contributed by atoms with van der Waals surface area (Å²) in [6.45, 7) is 10.3. The summed E-state index contributed by atoms with van der Waals surface area (Å²) in [6.07, 6.45) is 0. The maximum absolute atomic E-state index is 15.0. The summed E-state index contributed by atoms with van der Waals surface area (Å²) in [5.74, 6) is 0.227. The Kier molecular flexibility index (Phi) is 10.3. The van der Waals surface area contributed by atoms with Crippen molar-refractivity contribution < 1.29 is 14.3 Å². The van der Waals surface area contributed by atoms with Crippen molar-refractivity contribution in [2.75, 3.05) is 39.3 Å². The van der Waals surface area contributed by atoms with Gasteiger partial charge in [0.2, 0.25) is 5.91 Å². The molecule has 5 rings (SSSR count). The molecule has 0 bridgehead atoms. The summed E-state index contributed by atoms with van der Waals surface area (Å²) in [7, 11) is 0. The fraction of sp³-hybridized carbons (Fsp3) is 0.400. The van der Waals surface area contributed by atoms with Gasteiger partial charge < -0.3 is 15.0 Å². The Morgan fingerprint density at radius 1 is 0.935 bits per heavy atom. The molecule has 2 fully saturated rings. The Hall–Kier alpha value is -3.65. The van der Waals surface area contributed by atoms with Crippen LogP contribution >= 0.6 is 23.2 Å². The second-order valence-corrected chi connectivity index (χ2v) is 13.6. The maximum atomic E-state index is 15.0. The zero-order chi connectivity index (χ0) is 33.1. The molecule has 0 saturated carbocycles. The van der Waals surface area contributed by atoms with E-state index in [0.717, 1.165) is 11.1 Å². The molecule has 0 aromatic heterocycles. The number of piperazine rings is 1. The standard InChI is InChI=1S/C35H40Cl2N6O3/c1-5-46-29-20-23(21-38)6-15-28(29)35(33(45)43-18-16-42(17-19-43)22-30(44)39-34(2,3)4)40-31(24-7-11-26(36)12-8-24)32(41-35)25-9-13-27(37)14-10-25/h6-15,20,31-32,40-41H,5,16-19,22H2,1-4H3,(H,39,44)/t31-,32+,35?. The quantitative estimate of drug-likeness (QED) is 0.306. The lowest BCUT2D eigenvalue weighted by Gasteiger charge is -2.40. The summed E-state index contributed by atoms with van der Waals surface area (Å²) in [5.41, 5.74) is 1.15. The first-order valence-corrected chi connectivity index (χ1v) is 16.2. The van der Waals surface area contributed by atoms with Crippen LogP contribution in [0.15, 0.2) is 66.7 Å². The molecule has 11 heteroatoms. The molecule has 46 heavy (non-hydrogen) atoms. The smallest absolute Gasteiger partial charge is 0.262 e. The van der Waals surface area contributed by atoms with Crippen LogP contribution in [0.1, 0.15) is 62.0 Å². The number of ether oxygens (including phenoxy) is 1. The monoisotopic (exact) mass is 662 g/mol. The highest BCUT2D eigenvalue weighted by Crippen LogP contribution is 2.45. The average Bonchev–Trinajstić information content (AvgIpc) is 3.42. The molecule has 0 aliphatic carbocycles. The lowest BCUT2D eigenvalue weighted by molar-refractivity contribution is -0.141. The normalized spacial score (nSPS) is 21.9. The molecule has 2 saturated heterocycles. The first kappa shape index (κ1) is 33.7. The Morgan fingerprint density at radius 2 is 1.48 bits per heavy atom. The van der Waals surface area contributed by atoms with Crippen LogP contribution in [0.25, 0.3) is 0 Å². The van der Waals surface area contributed by atoms with Crippen molar-refractivity contribution >= 4 is 35.0 Å². The van der Waals surface area contributed by atoms with E-state index in [1.165, 1.54) is 0 Å². The highest BCUT2D eigenvalue weighted by Gasteiger charge is 2.54. The summed E-state index contributed by atoms with van der Waals surface area (Å²) >= 11 is 12.5. The number of carbonyl (C=O) groups is 2. The third-order valence-corrected chi connectivity index (χ3v) is 8.72. The molecule has 9 nitrogen and oxygen atoms in total. The fourth-order valence-corrected chi connectivity index (χ4v) is 6.40. The van der Waals surface area contributed by atoms with Gasteiger partial charge in [-0.05, 0) is 75.2 Å². The van der Waals surface area contributed by atoms with E-state index in [9.17, 15) is 14.9 Å². The number of halogens is 2. The van der Waals surface area contributed by atoms with Crippen LogP contribution in [-0.2, 0) is 15.3 Å². The number of hydrogen-bond donors (Lipinski definition) is 3. The van der Waals surface area contributed by atoms with Crippen molar-refractivity contribution in [1.29, 1.82) is 5.26 Å². The Balaban J connectivity index is 1.54. The number of hydrogen-bond acceptors (Lipinski definition) is 7. The largest absolute Gasteiger partial charge is 0.493 e. The zero-order valence-electron chi connectivity index (χ0n) is 26.6. The van der Waals surface area contributed by atoms with Crippen LogP contribution < -0.4 is 20.7 Å². The number of nitriles is 1. The molecule has 1 unspecified atom stereocenters.